The first-order chi connectivity index (χ1) is 10.1. The van der Waals surface area contributed by atoms with Crippen molar-refractivity contribution in [3.63, 3.8) is 0 Å². The Morgan fingerprint density at radius 3 is 2.76 bits per heavy atom. The normalized spacial score (nSPS) is 25.5. The molecule has 4 N–H and O–H groups in total. The molecule has 2 fully saturated rings. The number of carbonyl (C=O) groups excluding carboxylic acids is 1. The van der Waals surface area contributed by atoms with E-state index >= 15 is 0 Å². The Morgan fingerprint density at radius 1 is 1.38 bits per heavy atom. The van der Waals surface area contributed by atoms with E-state index in [4.69, 9.17) is 5.73 Å². The van der Waals surface area contributed by atoms with Gasteiger partial charge in [-0.15, -0.1) is 0 Å². The summed E-state index contributed by atoms with van der Waals surface area (Å²) in [6.07, 6.45) is 4.97. The van der Waals surface area contributed by atoms with Gasteiger partial charge in [0.25, 0.3) is 5.91 Å². The van der Waals surface area contributed by atoms with Crippen LogP contribution in [0.5, 0.6) is 0 Å². The van der Waals surface area contributed by atoms with E-state index in [0.29, 0.717) is 23.2 Å². The van der Waals surface area contributed by atoms with E-state index < -0.39 is 0 Å². The van der Waals surface area contributed by atoms with Gasteiger partial charge in [0.1, 0.15) is 10.7 Å². The molecule has 0 aromatic carbocycles. The number of thiazole rings is 1. The largest absolute Gasteiger partial charge is 0.393 e. The first kappa shape index (κ1) is 14.6. The topological polar surface area (TPSA) is 91.5 Å². The van der Waals surface area contributed by atoms with E-state index in [1.165, 1.54) is 30.6 Å². The fourth-order valence-corrected chi connectivity index (χ4v) is 3.84. The van der Waals surface area contributed by atoms with Crippen molar-refractivity contribution in [3.05, 3.63) is 4.88 Å². The average molecular weight is 310 g/mol. The maximum absolute atomic E-state index is 12.2. The minimum absolute atomic E-state index is 0.144. The first-order valence-corrected chi connectivity index (χ1v) is 8.42. The van der Waals surface area contributed by atoms with Crippen LogP contribution in [-0.4, -0.2) is 41.7 Å². The third kappa shape index (κ3) is 3.29. The number of piperidine rings is 1. The van der Waals surface area contributed by atoms with Crippen molar-refractivity contribution in [1.29, 1.82) is 0 Å². The van der Waals surface area contributed by atoms with Crippen LogP contribution in [0.2, 0.25) is 0 Å². The smallest absolute Gasteiger partial charge is 0.265 e. The molecule has 0 bridgehead atoms. The van der Waals surface area contributed by atoms with Crippen LogP contribution in [0.3, 0.4) is 0 Å². The fourth-order valence-electron chi connectivity index (χ4n) is 2.89. The number of hydrogen-bond acceptors (Lipinski definition) is 6. The molecule has 0 spiro atoms. The van der Waals surface area contributed by atoms with Crippen LogP contribution in [-0.2, 0) is 0 Å². The standard InChI is InChI=1S/C14H22N4O2S/c15-12-11(13(20)16-8-9-6-10(19)7-9)21-14(17-12)18-4-2-1-3-5-18/h9-10,19H,1-8,15H2,(H,16,20). The Balaban J connectivity index is 1.59. The van der Waals surface area contributed by atoms with E-state index in [-0.39, 0.29) is 12.0 Å². The summed E-state index contributed by atoms with van der Waals surface area (Å²) in [6, 6.07) is 0. The molecular weight excluding hydrogens is 288 g/mol. The molecule has 6 nitrogen and oxygen atoms in total. The highest BCUT2D eigenvalue weighted by Gasteiger charge is 2.28. The summed E-state index contributed by atoms with van der Waals surface area (Å²) in [5.41, 5.74) is 5.90. The molecule has 1 aromatic heterocycles. The SMILES string of the molecule is Nc1nc(N2CCCCC2)sc1C(=O)NCC1CC(O)C1. The predicted molar refractivity (Wildman–Crippen MR) is 83.7 cm³/mol. The molecule has 116 valence electrons. The molecule has 7 heteroatoms. The van der Waals surface area contributed by atoms with Gasteiger partial charge in [-0.1, -0.05) is 11.3 Å². The van der Waals surface area contributed by atoms with Gasteiger partial charge in [-0.05, 0) is 38.0 Å². The Bertz CT molecular complexity index is 507. The van der Waals surface area contributed by atoms with E-state index in [0.717, 1.165) is 31.1 Å². The highest BCUT2D eigenvalue weighted by Crippen LogP contribution is 2.30. The van der Waals surface area contributed by atoms with Crippen LogP contribution in [0.25, 0.3) is 0 Å². The van der Waals surface area contributed by atoms with Gasteiger partial charge < -0.3 is 21.1 Å². The van der Waals surface area contributed by atoms with Gasteiger partial charge in [-0.2, -0.15) is 0 Å². The molecule has 1 aliphatic carbocycles. The molecule has 3 rings (SSSR count). The van der Waals surface area contributed by atoms with E-state index in [2.05, 4.69) is 15.2 Å². The number of nitrogens with two attached hydrogens (primary N) is 1. The lowest BCUT2D eigenvalue weighted by molar-refractivity contribution is 0.0420. The lowest BCUT2D eigenvalue weighted by atomic mass is 9.82. The molecule has 1 aliphatic heterocycles. The zero-order valence-electron chi connectivity index (χ0n) is 12.0. The molecular formula is C14H22N4O2S. The minimum Gasteiger partial charge on any atom is -0.393 e. The summed E-state index contributed by atoms with van der Waals surface area (Å²) in [4.78, 5) is 19.3. The Kier molecular flexibility index (Phi) is 4.30. The van der Waals surface area contributed by atoms with Gasteiger partial charge in [-0.3, -0.25) is 4.79 Å². The second-order valence-corrected chi connectivity index (χ2v) is 6.94. The van der Waals surface area contributed by atoms with Crippen LogP contribution >= 0.6 is 11.3 Å². The third-order valence-corrected chi connectivity index (χ3v) is 5.37. The van der Waals surface area contributed by atoms with Crippen LogP contribution < -0.4 is 16.0 Å². The summed E-state index contributed by atoms with van der Waals surface area (Å²) in [7, 11) is 0. The number of nitrogens with one attached hydrogen (secondary N) is 1. The number of aromatic nitrogens is 1. The summed E-state index contributed by atoms with van der Waals surface area (Å²) >= 11 is 1.38. The van der Waals surface area contributed by atoms with Crippen LogP contribution in [0.1, 0.15) is 41.8 Å². The van der Waals surface area contributed by atoms with E-state index in [1.807, 2.05) is 0 Å². The van der Waals surface area contributed by atoms with Gasteiger partial charge in [0.05, 0.1) is 6.10 Å². The molecule has 2 heterocycles. The van der Waals surface area contributed by atoms with Crippen molar-refractivity contribution < 1.29 is 9.90 Å². The number of nitrogens with zero attached hydrogens (tertiary/aromatic N) is 2. The number of carbonyl (C=O) groups is 1. The number of nitrogen functional groups attached to an aromatic ring is 1. The van der Waals surface area contributed by atoms with E-state index in [1.54, 1.807) is 0 Å². The van der Waals surface area contributed by atoms with Gasteiger partial charge >= 0.3 is 0 Å². The number of amides is 1. The molecule has 0 unspecified atom stereocenters. The van der Waals surface area contributed by atoms with Crippen LogP contribution in [0.15, 0.2) is 0 Å². The number of aliphatic hydroxyl groups is 1. The maximum Gasteiger partial charge on any atom is 0.265 e. The quantitative estimate of drug-likeness (QED) is 0.777. The van der Waals surface area contributed by atoms with Crippen molar-refractivity contribution in [1.82, 2.24) is 10.3 Å². The minimum atomic E-state index is -0.189. The lowest BCUT2D eigenvalue weighted by Gasteiger charge is -2.31. The molecule has 1 saturated carbocycles. The molecule has 1 amide bonds. The highest BCUT2D eigenvalue weighted by atomic mass is 32.1. The van der Waals surface area contributed by atoms with Crippen molar-refractivity contribution in [2.45, 2.75) is 38.2 Å². The number of hydrogen-bond donors (Lipinski definition) is 3. The summed E-state index contributed by atoms with van der Waals surface area (Å²) in [5.74, 6) is 0.570. The summed E-state index contributed by atoms with van der Waals surface area (Å²) in [6.45, 7) is 2.59. The Hall–Kier alpha value is -1.34. The monoisotopic (exact) mass is 310 g/mol. The fraction of sp³-hybridized carbons (Fsp3) is 0.714. The molecule has 0 atom stereocenters. The van der Waals surface area contributed by atoms with Crippen molar-refractivity contribution in [2.75, 3.05) is 30.3 Å². The molecule has 21 heavy (non-hydrogen) atoms. The molecule has 0 radical (unpaired) electrons. The van der Waals surface area contributed by atoms with Gasteiger partial charge in [0, 0.05) is 19.6 Å². The summed E-state index contributed by atoms with van der Waals surface area (Å²) in [5, 5.41) is 13.0. The van der Waals surface area contributed by atoms with Crippen LogP contribution in [0, 0.1) is 5.92 Å². The van der Waals surface area contributed by atoms with Crippen molar-refractivity contribution in [3.8, 4) is 0 Å². The van der Waals surface area contributed by atoms with Gasteiger partial charge in [-0.25, -0.2) is 4.98 Å². The zero-order valence-corrected chi connectivity index (χ0v) is 12.9. The molecule has 1 aromatic rings. The first-order valence-electron chi connectivity index (χ1n) is 7.61. The number of aliphatic hydroxyl groups excluding tert-OH is 1. The van der Waals surface area contributed by atoms with Gasteiger partial charge in [0.15, 0.2) is 5.13 Å². The predicted octanol–water partition coefficient (Wildman–Crippen LogP) is 1.22. The van der Waals surface area contributed by atoms with Crippen LogP contribution in [0.4, 0.5) is 10.9 Å². The lowest BCUT2D eigenvalue weighted by Crippen LogP contribution is -2.38. The zero-order chi connectivity index (χ0) is 14.8. The molecule has 2 aliphatic rings. The Labute approximate surface area is 128 Å². The Morgan fingerprint density at radius 2 is 2.10 bits per heavy atom. The molecule has 1 saturated heterocycles. The third-order valence-electron chi connectivity index (χ3n) is 4.24. The van der Waals surface area contributed by atoms with Crippen molar-refractivity contribution in [2.24, 2.45) is 5.92 Å². The summed E-state index contributed by atoms with van der Waals surface area (Å²) < 4.78 is 0. The highest BCUT2D eigenvalue weighted by molar-refractivity contribution is 7.18. The average Bonchev–Trinajstić information content (AvgIpc) is 2.85. The van der Waals surface area contributed by atoms with Crippen molar-refractivity contribution >= 4 is 28.2 Å². The second-order valence-electron chi connectivity index (χ2n) is 5.96. The maximum atomic E-state index is 12.2. The van der Waals surface area contributed by atoms with Gasteiger partial charge in [0.2, 0.25) is 0 Å². The second kappa shape index (κ2) is 6.19. The van der Waals surface area contributed by atoms with E-state index in [9.17, 15) is 9.90 Å². The number of anilines is 2. The number of rotatable bonds is 4.